The molecule has 0 radical (unpaired) electrons. The third kappa shape index (κ3) is 4.08. The van der Waals surface area contributed by atoms with Crippen LogP contribution in [0.15, 0.2) is 27.6 Å². The third-order valence-corrected chi connectivity index (χ3v) is 6.41. The molecule has 2 aromatic rings. The molecule has 0 amide bonds. The van der Waals surface area contributed by atoms with Gasteiger partial charge in [-0.15, -0.1) is 0 Å². The summed E-state index contributed by atoms with van der Waals surface area (Å²) < 4.78 is 75.2. The van der Waals surface area contributed by atoms with Crippen LogP contribution >= 0.6 is 0 Å². The lowest BCUT2D eigenvalue weighted by molar-refractivity contribution is -0.141. The van der Waals surface area contributed by atoms with E-state index in [1.165, 1.54) is 23.4 Å². The highest BCUT2D eigenvalue weighted by molar-refractivity contribution is 7.89. The Morgan fingerprint density at radius 3 is 2.70 bits per heavy atom. The molecule has 2 aromatic heterocycles. The number of hydrogen-bond acceptors (Lipinski definition) is 6. The Kier molecular flexibility index (Phi) is 5.17. The topological polar surface area (TPSA) is 85.5 Å². The van der Waals surface area contributed by atoms with Crippen LogP contribution in [0.3, 0.4) is 0 Å². The summed E-state index contributed by atoms with van der Waals surface area (Å²) in [6.45, 7) is 3.64. The van der Waals surface area contributed by atoms with E-state index in [1.807, 2.05) is 0 Å². The number of aryl methyl sites for hydroxylation is 2. The van der Waals surface area contributed by atoms with E-state index < -0.39 is 21.9 Å². The van der Waals surface area contributed by atoms with E-state index >= 15 is 0 Å². The highest BCUT2D eigenvalue weighted by atomic mass is 32.2. The minimum Gasteiger partial charge on any atom is -0.477 e. The monoisotopic (exact) mass is 405 g/mol. The molecule has 7 nitrogen and oxygen atoms in total. The van der Waals surface area contributed by atoms with Crippen molar-refractivity contribution in [1.29, 1.82) is 0 Å². The fourth-order valence-electron chi connectivity index (χ4n) is 2.98. The zero-order valence-corrected chi connectivity index (χ0v) is 15.5. The summed E-state index contributed by atoms with van der Waals surface area (Å²) >= 11 is 0. The van der Waals surface area contributed by atoms with Crippen LogP contribution in [0.4, 0.5) is 13.2 Å². The van der Waals surface area contributed by atoms with Crippen molar-refractivity contribution in [3.8, 4) is 5.88 Å². The first-order chi connectivity index (χ1) is 12.6. The second-order valence-corrected chi connectivity index (χ2v) is 8.22. The van der Waals surface area contributed by atoms with E-state index in [-0.39, 0.29) is 42.2 Å². The van der Waals surface area contributed by atoms with Gasteiger partial charge in [-0.05, 0) is 26.3 Å². The molecule has 1 atom stereocenters. The van der Waals surface area contributed by atoms with Crippen LogP contribution in [0.2, 0.25) is 0 Å². The summed E-state index contributed by atoms with van der Waals surface area (Å²) in [5, 5.41) is 3.67. The molecular weight excluding hydrogens is 387 g/mol. The number of aromatic nitrogens is 2. The first-order valence-electron chi connectivity index (χ1n) is 8.19. The van der Waals surface area contributed by atoms with Gasteiger partial charge in [-0.25, -0.2) is 13.4 Å². The Bertz CT molecular complexity index is 908. The highest BCUT2D eigenvalue weighted by Crippen LogP contribution is 2.30. The van der Waals surface area contributed by atoms with Crippen LogP contribution in [0.25, 0.3) is 0 Å². The Labute approximate surface area is 154 Å². The molecule has 0 aliphatic carbocycles. The van der Waals surface area contributed by atoms with Gasteiger partial charge < -0.3 is 9.26 Å². The molecule has 0 saturated carbocycles. The fraction of sp³-hybridized carbons (Fsp3) is 0.500. The van der Waals surface area contributed by atoms with Gasteiger partial charge in [-0.1, -0.05) is 11.2 Å². The third-order valence-electron chi connectivity index (χ3n) is 4.30. The molecule has 0 spiro atoms. The maximum atomic E-state index is 12.8. The highest BCUT2D eigenvalue weighted by Gasteiger charge is 2.37. The first kappa shape index (κ1) is 19.6. The molecule has 1 aliphatic heterocycles. The Morgan fingerprint density at radius 2 is 2.07 bits per heavy atom. The quantitative estimate of drug-likeness (QED) is 0.761. The minimum absolute atomic E-state index is 0.0589. The Balaban J connectivity index is 1.64. The average molecular weight is 405 g/mol. The van der Waals surface area contributed by atoms with Gasteiger partial charge in [0, 0.05) is 25.1 Å². The van der Waals surface area contributed by atoms with E-state index in [9.17, 15) is 21.6 Å². The molecule has 148 valence electrons. The molecule has 1 fully saturated rings. The number of rotatable bonds is 5. The van der Waals surface area contributed by atoms with Crippen molar-refractivity contribution >= 4 is 10.0 Å². The smallest absolute Gasteiger partial charge is 0.433 e. The van der Waals surface area contributed by atoms with Crippen LogP contribution in [0, 0.1) is 19.8 Å². The molecule has 1 aliphatic rings. The maximum absolute atomic E-state index is 12.8. The number of sulfonamides is 1. The summed E-state index contributed by atoms with van der Waals surface area (Å²) in [4.78, 5) is 3.50. The largest absolute Gasteiger partial charge is 0.477 e. The zero-order chi connectivity index (χ0) is 19.8. The number of nitrogens with zero attached hydrogens (tertiary/aromatic N) is 3. The molecule has 11 heteroatoms. The van der Waals surface area contributed by atoms with E-state index in [1.54, 1.807) is 6.92 Å². The molecule has 3 heterocycles. The normalized spacial score (nSPS) is 18.8. The van der Waals surface area contributed by atoms with Gasteiger partial charge in [0.25, 0.3) is 0 Å². The molecule has 1 unspecified atom stereocenters. The van der Waals surface area contributed by atoms with Crippen LogP contribution in [0.1, 0.15) is 23.6 Å². The first-order valence-corrected chi connectivity index (χ1v) is 9.63. The van der Waals surface area contributed by atoms with Gasteiger partial charge in [-0.3, -0.25) is 0 Å². The van der Waals surface area contributed by atoms with Crippen molar-refractivity contribution < 1.29 is 30.8 Å². The van der Waals surface area contributed by atoms with E-state index in [0.717, 1.165) is 6.07 Å². The second-order valence-electron chi connectivity index (χ2n) is 6.34. The number of pyridine rings is 1. The SMILES string of the molecule is Cc1noc(C)c1S(=O)(=O)N1CCC(COc2cccc(C(F)(F)F)n2)C1. The second kappa shape index (κ2) is 7.12. The van der Waals surface area contributed by atoms with Crippen molar-refractivity contribution in [3.05, 3.63) is 35.3 Å². The standard InChI is InChI=1S/C16H18F3N3O4S/c1-10-15(11(2)26-21-10)27(23,24)22-7-6-12(8-22)9-25-14-5-3-4-13(20-14)16(17,18)19/h3-5,12H,6-9H2,1-2H3. The number of halogens is 3. The fourth-order valence-corrected chi connectivity index (χ4v) is 4.80. The summed E-state index contributed by atoms with van der Waals surface area (Å²) in [6.07, 6.45) is -4.02. The van der Waals surface area contributed by atoms with Gasteiger partial charge >= 0.3 is 6.18 Å². The summed E-state index contributed by atoms with van der Waals surface area (Å²) in [7, 11) is -3.74. The molecular formula is C16H18F3N3O4S. The van der Waals surface area contributed by atoms with Crippen LogP contribution in [-0.2, 0) is 16.2 Å². The van der Waals surface area contributed by atoms with Crippen LogP contribution < -0.4 is 4.74 Å². The molecule has 0 aromatic carbocycles. The average Bonchev–Trinajstić information content (AvgIpc) is 3.20. The van der Waals surface area contributed by atoms with Crippen molar-refractivity contribution in [2.75, 3.05) is 19.7 Å². The molecule has 27 heavy (non-hydrogen) atoms. The molecule has 1 saturated heterocycles. The number of hydrogen-bond donors (Lipinski definition) is 0. The van der Waals surface area contributed by atoms with Crippen LogP contribution in [0.5, 0.6) is 5.88 Å². The summed E-state index contributed by atoms with van der Waals surface area (Å²) in [5.41, 5.74) is -0.741. The van der Waals surface area contributed by atoms with Crippen molar-refractivity contribution in [3.63, 3.8) is 0 Å². The minimum atomic E-state index is -4.55. The Morgan fingerprint density at radius 1 is 1.33 bits per heavy atom. The van der Waals surface area contributed by atoms with Crippen molar-refractivity contribution in [2.45, 2.75) is 31.3 Å². The lowest BCUT2D eigenvalue weighted by atomic mass is 10.1. The van der Waals surface area contributed by atoms with E-state index in [0.29, 0.717) is 12.1 Å². The van der Waals surface area contributed by atoms with Crippen LogP contribution in [-0.4, -0.2) is 42.6 Å². The Hall–Kier alpha value is -2.14. The van der Waals surface area contributed by atoms with Gasteiger partial charge in [0.05, 0.1) is 6.61 Å². The molecule has 0 N–H and O–H groups in total. The van der Waals surface area contributed by atoms with Crippen molar-refractivity contribution in [1.82, 2.24) is 14.4 Å². The van der Waals surface area contributed by atoms with E-state index in [2.05, 4.69) is 10.1 Å². The van der Waals surface area contributed by atoms with E-state index in [4.69, 9.17) is 9.26 Å². The van der Waals surface area contributed by atoms with Crippen molar-refractivity contribution in [2.24, 2.45) is 5.92 Å². The lowest BCUT2D eigenvalue weighted by Gasteiger charge is -2.16. The lowest BCUT2D eigenvalue weighted by Crippen LogP contribution is -2.30. The number of alkyl halides is 3. The van der Waals surface area contributed by atoms with Gasteiger partial charge in [0.15, 0.2) is 5.76 Å². The summed E-state index contributed by atoms with van der Waals surface area (Å²) in [5.74, 6) is -0.0752. The predicted octanol–water partition coefficient (Wildman–Crippen LogP) is 2.79. The van der Waals surface area contributed by atoms with Gasteiger partial charge in [0.1, 0.15) is 16.3 Å². The number of ether oxygens (including phenoxy) is 1. The summed E-state index contributed by atoms with van der Waals surface area (Å²) in [6, 6.07) is 3.41. The zero-order valence-electron chi connectivity index (χ0n) is 14.7. The predicted molar refractivity (Wildman–Crippen MR) is 87.6 cm³/mol. The van der Waals surface area contributed by atoms with Gasteiger partial charge in [0.2, 0.25) is 15.9 Å². The van der Waals surface area contributed by atoms with Gasteiger partial charge in [-0.2, -0.15) is 17.5 Å². The maximum Gasteiger partial charge on any atom is 0.433 e. The molecule has 3 rings (SSSR count). The molecule has 0 bridgehead atoms.